The van der Waals surface area contributed by atoms with Crippen LogP contribution in [0.5, 0.6) is 11.5 Å². The number of rotatable bonds is 8. The van der Waals surface area contributed by atoms with Crippen LogP contribution in [0.2, 0.25) is 0 Å². The van der Waals surface area contributed by atoms with Gasteiger partial charge >= 0.3 is 0 Å². The van der Waals surface area contributed by atoms with E-state index in [1.165, 1.54) is 0 Å². The molecule has 6 heteroatoms. The second-order valence-corrected chi connectivity index (χ2v) is 7.86. The van der Waals surface area contributed by atoms with Gasteiger partial charge in [0.05, 0.1) is 12.9 Å². The minimum absolute atomic E-state index is 0.214. The van der Waals surface area contributed by atoms with Gasteiger partial charge in [-0.15, -0.1) is 0 Å². The molecule has 2 aromatic rings. The highest BCUT2D eigenvalue weighted by Crippen LogP contribution is 2.48. The van der Waals surface area contributed by atoms with Crippen molar-refractivity contribution in [3.63, 3.8) is 0 Å². The fourth-order valence-electron chi connectivity index (χ4n) is 3.92. The van der Waals surface area contributed by atoms with E-state index in [0.717, 1.165) is 41.0 Å². The van der Waals surface area contributed by atoms with E-state index in [4.69, 9.17) is 14.2 Å². The second-order valence-electron chi connectivity index (χ2n) is 7.86. The fourth-order valence-corrected chi connectivity index (χ4v) is 3.92. The Kier molecular flexibility index (Phi) is 5.77. The van der Waals surface area contributed by atoms with E-state index in [-0.39, 0.29) is 12.7 Å². The number of aromatic nitrogens is 2. The summed E-state index contributed by atoms with van der Waals surface area (Å²) in [6.45, 7) is 9.71. The number of hydrogen-bond acceptors (Lipinski definition) is 5. The Hall–Kier alpha value is -2.05. The molecule has 1 aromatic carbocycles. The van der Waals surface area contributed by atoms with Crippen molar-refractivity contribution in [1.29, 1.82) is 0 Å². The lowest BCUT2D eigenvalue weighted by Gasteiger charge is -2.24. The normalized spacial score (nSPS) is 18.7. The summed E-state index contributed by atoms with van der Waals surface area (Å²) in [7, 11) is 1.61. The first-order chi connectivity index (χ1) is 12.9. The number of methoxy groups -OCH3 is 1. The number of benzene rings is 1. The summed E-state index contributed by atoms with van der Waals surface area (Å²) in [6, 6.07) is 0. The molecule has 0 radical (unpaired) electrons. The van der Waals surface area contributed by atoms with Gasteiger partial charge in [-0.2, -0.15) is 0 Å². The molecule has 0 bridgehead atoms. The zero-order valence-corrected chi connectivity index (χ0v) is 16.9. The summed E-state index contributed by atoms with van der Waals surface area (Å²) in [5.41, 5.74) is 3.60. The second kappa shape index (κ2) is 7.90. The maximum Gasteiger partial charge on any atom is 0.146 e. The van der Waals surface area contributed by atoms with Crippen LogP contribution in [0.4, 0.5) is 0 Å². The zero-order chi connectivity index (χ0) is 19.6. The number of hydrogen-bond donors (Lipinski definition) is 1. The SMILES string of the molecule is COCOCC1(C)Cc2c(c(CCn3ccnc3)c(C)c(O)c2C(C)C)O1. The summed E-state index contributed by atoms with van der Waals surface area (Å²) < 4.78 is 19.1. The lowest BCUT2D eigenvalue weighted by Crippen LogP contribution is -2.36. The first-order valence-corrected chi connectivity index (χ1v) is 9.45. The van der Waals surface area contributed by atoms with E-state index in [9.17, 15) is 5.11 Å². The first kappa shape index (κ1) is 19.7. The minimum Gasteiger partial charge on any atom is -0.507 e. The predicted octanol–water partition coefficient (Wildman–Crippen LogP) is 3.58. The number of phenols is 1. The van der Waals surface area contributed by atoms with Gasteiger partial charge in [0.25, 0.3) is 0 Å². The highest BCUT2D eigenvalue weighted by molar-refractivity contribution is 5.61. The third kappa shape index (κ3) is 3.96. The minimum atomic E-state index is -0.464. The van der Waals surface area contributed by atoms with E-state index in [1.807, 2.05) is 24.0 Å². The molecule has 1 N–H and O–H groups in total. The Morgan fingerprint density at radius 1 is 1.41 bits per heavy atom. The third-order valence-electron chi connectivity index (χ3n) is 5.20. The highest BCUT2D eigenvalue weighted by Gasteiger charge is 2.40. The van der Waals surface area contributed by atoms with Gasteiger partial charge in [0.1, 0.15) is 23.9 Å². The fraction of sp³-hybridized carbons (Fsp3) is 0.571. The predicted molar refractivity (Wildman–Crippen MR) is 103 cm³/mol. The molecule has 2 heterocycles. The van der Waals surface area contributed by atoms with Crippen LogP contribution in [0.1, 0.15) is 48.9 Å². The largest absolute Gasteiger partial charge is 0.507 e. The standard InChI is InChI=1S/C21H30N2O4/c1-14(2)18-17-10-21(4,11-26-13-25-5)27-20(17)16(15(3)19(18)24)6-8-23-9-7-22-12-23/h7,9,12,14,24H,6,8,10-11,13H2,1-5H3. The van der Waals surface area contributed by atoms with E-state index < -0.39 is 5.60 Å². The Bertz CT molecular complexity index is 786. The summed E-state index contributed by atoms with van der Waals surface area (Å²) in [5, 5.41) is 10.9. The number of nitrogens with zero attached hydrogens (tertiary/aromatic N) is 2. The van der Waals surface area contributed by atoms with E-state index >= 15 is 0 Å². The number of aromatic hydroxyl groups is 1. The van der Waals surface area contributed by atoms with Gasteiger partial charge in [-0.25, -0.2) is 4.98 Å². The molecule has 148 valence electrons. The molecule has 1 aliphatic heterocycles. The van der Waals surface area contributed by atoms with Crippen molar-refractivity contribution < 1.29 is 19.3 Å². The van der Waals surface area contributed by atoms with Crippen LogP contribution in [-0.4, -0.2) is 40.8 Å². The average Bonchev–Trinajstić information content (AvgIpc) is 3.23. The molecule has 0 spiro atoms. The Morgan fingerprint density at radius 3 is 2.81 bits per heavy atom. The summed E-state index contributed by atoms with van der Waals surface area (Å²) >= 11 is 0. The number of phenolic OH excluding ortho intramolecular Hbond substituents is 1. The lowest BCUT2D eigenvalue weighted by molar-refractivity contribution is -0.0793. The van der Waals surface area contributed by atoms with E-state index in [2.05, 4.69) is 25.8 Å². The molecule has 0 saturated heterocycles. The van der Waals surface area contributed by atoms with Crippen molar-refractivity contribution in [2.75, 3.05) is 20.5 Å². The van der Waals surface area contributed by atoms with Gasteiger partial charge in [0.15, 0.2) is 0 Å². The van der Waals surface area contributed by atoms with Crippen molar-refractivity contribution in [3.05, 3.63) is 41.0 Å². The molecule has 6 nitrogen and oxygen atoms in total. The van der Waals surface area contributed by atoms with Gasteiger partial charge < -0.3 is 23.9 Å². The molecular formula is C21H30N2O4. The smallest absolute Gasteiger partial charge is 0.146 e. The molecule has 0 aliphatic carbocycles. The van der Waals surface area contributed by atoms with Crippen molar-refractivity contribution in [1.82, 2.24) is 9.55 Å². The van der Waals surface area contributed by atoms with Gasteiger partial charge in [0, 0.05) is 49.2 Å². The summed E-state index contributed by atoms with van der Waals surface area (Å²) in [6.07, 6.45) is 7.01. The summed E-state index contributed by atoms with van der Waals surface area (Å²) in [4.78, 5) is 4.10. The Morgan fingerprint density at radius 2 is 2.19 bits per heavy atom. The maximum absolute atomic E-state index is 10.9. The summed E-state index contributed by atoms with van der Waals surface area (Å²) in [5.74, 6) is 1.53. The quantitative estimate of drug-likeness (QED) is 0.565. The monoisotopic (exact) mass is 374 g/mol. The van der Waals surface area contributed by atoms with E-state index in [0.29, 0.717) is 18.8 Å². The van der Waals surface area contributed by atoms with Gasteiger partial charge in [-0.3, -0.25) is 0 Å². The van der Waals surface area contributed by atoms with E-state index in [1.54, 1.807) is 13.3 Å². The lowest BCUT2D eigenvalue weighted by atomic mass is 9.86. The molecule has 1 atom stereocenters. The molecule has 3 rings (SSSR count). The van der Waals surface area contributed by atoms with Crippen molar-refractivity contribution >= 4 is 0 Å². The molecule has 0 amide bonds. The topological polar surface area (TPSA) is 65.7 Å². The molecule has 0 saturated carbocycles. The molecule has 1 unspecified atom stereocenters. The van der Waals surface area contributed by atoms with Crippen molar-refractivity contribution in [2.24, 2.45) is 0 Å². The number of fused-ring (bicyclic) bond motifs is 1. The Labute approximate surface area is 161 Å². The van der Waals surface area contributed by atoms with Crippen LogP contribution in [0, 0.1) is 6.92 Å². The number of ether oxygens (including phenoxy) is 3. The van der Waals surface area contributed by atoms with Crippen molar-refractivity contribution in [3.8, 4) is 11.5 Å². The van der Waals surface area contributed by atoms with Crippen LogP contribution in [0.25, 0.3) is 0 Å². The molecular weight excluding hydrogens is 344 g/mol. The maximum atomic E-state index is 10.9. The van der Waals surface area contributed by atoms with Crippen LogP contribution >= 0.6 is 0 Å². The number of aryl methyl sites for hydroxylation is 1. The van der Waals surface area contributed by atoms with Gasteiger partial charge in [0.2, 0.25) is 0 Å². The average molecular weight is 374 g/mol. The molecule has 0 fully saturated rings. The molecule has 1 aliphatic rings. The molecule has 27 heavy (non-hydrogen) atoms. The van der Waals surface area contributed by atoms with Crippen LogP contribution < -0.4 is 4.74 Å². The highest BCUT2D eigenvalue weighted by atomic mass is 16.7. The van der Waals surface area contributed by atoms with Crippen molar-refractivity contribution in [2.45, 2.75) is 58.6 Å². The Balaban J connectivity index is 1.96. The number of imidazole rings is 1. The zero-order valence-electron chi connectivity index (χ0n) is 16.9. The van der Waals surface area contributed by atoms with Crippen LogP contribution in [0.15, 0.2) is 18.7 Å². The van der Waals surface area contributed by atoms with Gasteiger partial charge in [-0.1, -0.05) is 13.8 Å². The first-order valence-electron chi connectivity index (χ1n) is 9.45. The third-order valence-corrected chi connectivity index (χ3v) is 5.20. The van der Waals surface area contributed by atoms with Gasteiger partial charge in [-0.05, 0) is 31.7 Å². The van der Waals surface area contributed by atoms with Crippen LogP contribution in [-0.2, 0) is 28.9 Å². The van der Waals surface area contributed by atoms with Crippen LogP contribution in [0.3, 0.4) is 0 Å². The molecule has 1 aromatic heterocycles.